The van der Waals surface area contributed by atoms with Gasteiger partial charge < -0.3 is 19.6 Å². The SMILES string of the molecule is C[Si](C)(C)OCCOCCOc1ccc(N)cc1. The second-order valence-corrected chi connectivity index (χ2v) is 9.50. The molecule has 0 aliphatic rings. The van der Waals surface area contributed by atoms with Crippen molar-refractivity contribution in [2.24, 2.45) is 0 Å². The Kier molecular flexibility index (Phi) is 6.18. The third-order valence-corrected chi connectivity index (χ3v) is 3.21. The molecule has 1 aromatic rings. The van der Waals surface area contributed by atoms with Crippen LogP contribution in [0.2, 0.25) is 19.6 Å². The van der Waals surface area contributed by atoms with Gasteiger partial charge >= 0.3 is 0 Å². The standard InChI is InChI=1S/C13H23NO3Si/c1-18(2,3)17-11-9-15-8-10-16-13-6-4-12(14)5-7-13/h4-7H,8-11,14H2,1-3H3. The molecule has 0 heterocycles. The Balaban J connectivity index is 2.00. The fraction of sp³-hybridized carbons (Fsp3) is 0.538. The zero-order valence-electron chi connectivity index (χ0n) is 11.4. The lowest BCUT2D eigenvalue weighted by Gasteiger charge is -2.16. The number of nitrogen functional groups attached to an aromatic ring is 1. The lowest BCUT2D eigenvalue weighted by Crippen LogP contribution is -2.27. The highest BCUT2D eigenvalue weighted by Gasteiger charge is 2.12. The van der Waals surface area contributed by atoms with Crippen LogP contribution in [-0.4, -0.2) is 34.7 Å². The van der Waals surface area contributed by atoms with Crippen LogP contribution in [0, 0.1) is 0 Å². The smallest absolute Gasteiger partial charge is 0.183 e. The van der Waals surface area contributed by atoms with Crippen LogP contribution in [-0.2, 0) is 9.16 Å². The van der Waals surface area contributed by atoms with Crippen molar-refractivity contribution in [2.45, 2.75) is 19.6 Å². The van der Waals surface area contributed by atoms with Crippen LogP contribution in [0.4, 0.5) is 5.69 Å². The van der Waals surface area contributed by atoms with Crippen molar-refractivity contribution in [1.29, 1.82) is 0 Å². The molecular formula is C13H23NO3Si. The normalized spacial score (nSPS) is 11.5. The van der Waals surface area contributed by atoms with E-state index in [1.807, 2.05) is 24.3 Å². The van der Waals surface area contributed by atoms with E-state index in [4.69, 9.17) is 19.6 Å². The van der Waals surface area contributed by atoms with E-state index < -0.39 is 8.32 Å². The zero-order valence-corrected chi connectivity index (χ0v) is 12.4. The third-order valence-electron chi connectivity index (χ3n) is 2.14. The quantitative estimate of drug-likeness (QED) is 0.447. The summed E-state index contributed by atoms with van der Waals surface area (Å²) in [4.78, 5) is 0. The molecule has 0 aliphatic heterocycles. The van der Waals surface area contributed by atoms with Crippen molar-refractivity contribution in [2.75, 3.05) is 32.2 Å². The van der Waals surface area contributed by atoms with E-state index in [1.165, 1.54) is 0 Å². The number of ether oxygens (including phenoxy) is 2. The molecule has 4 nitrogen and oxygen atoms in total. The second-order valence-electron chi connectivity index (χ2n) is 4.99. The highest BCUT2D eigenvalue weighted by Crippen LogP contribution is 2.12. The Morgan fingerprint density at radius 1 is 0.944 bits per heavy atom. The maximum Gasteiger partial charge on any atom is 0.183 e. The molecule has 0 saturated carbocycles. The summed E-state index contributed by atoms with van der Waals surface area (Å²) >= 11 is 0. The first-order valence-electron chi connectivity index (χ1n) is 6.17. The number of rotatable bonds is 8. The molecule has 0 bridgehead atoms. The third kappa shape index (κ3) is 7.32. The molecule has 0 atom stereocenters. The van der Waals surface area contributed by atoms with E-state index in [0.29, 0.717) is 26.4 Å². The van der Waals surface area contributed by atoms with E-state index >= 15 is 0 Å². The van der Waals surface area contributed by atoms with Gasteiger partial charge in [0.1, 0.15) is 12.4 Å². The summed E-state index contributed by atoms with van der Waals surface area (Å²) in [5.74, 6) is 0.811. The molecule has 0 amide bonds. The van der Waals surface area contributed by atoms with Gasteiger partial charge in [0.25, 0.3) is 0 Å². The first-order chi connectivity index (χ1) is 8.47. The predicted molar refractivity (Wildman–Crippen MR) is 76.5 cm³/mol. The summed E-state index contributed by atoms with van der Waals surface area (Å²) in [6, 6.07) is 7.34. The molecule has 0 fully saturated rings. The largest absolute Gasteiger partial charge is 0.491 e. The molecule has 0 aromatic heterocycles. The predicted octanol–water partition coefficient (Wildman–Crippen LogP) is 2.52. The summed E-state index contributed by atoms with van der Waals surface area (Å²) < 4.78 is 16.6. The van der Waals surface area contributed by atoms with Crippen LogP contribution >= 0.6 is 0 Å². The molecule has 5 heteroatoms. The maximum absolute atomic E-state index is 5.67. The molecule has 1 aromatic carbocycles. The van der Waals surface area contributed by atoms with Gasteiger partial charge in [0.2, 0.25) is 0 Å². The maximum atomic E-state index is 5.67. The fourth-order valence-corrected chi connectivity index (χ4v) is 1.99. The van der Waals surface area contributed by atoms with Crippen LogP contribution in [0.5, 0.6) is 5.75 Å². The van der Waals surface area contributed by atoms with E-state index in [0.717, 1.165) is 11.4 Å². The molecule has 0 saturated heterocycles. The topological polar surface area (TPSA) is 53.7 Å². The van der Waals surface area contributed by atoms with Crippen LogP contribution in [0.25, 0.3) is 0 Å². The molecule has 18 heavy (non-hydrogen) atoms. The van der Waals surface area contributed by atoms with Gasteiger partial charge in [-0.2, -0.15) is 0 Å². The number of hydrogen-bond donors (Lipinski definition) is 1. The summed E-state index contributed by atoms with van der Waals surface area (Å²) in [7, 11) is -1.41. The van der Waals surface area contributed by atoms with Gasteiger partial charge in [0, 0.05) is 5.69 Å². The molecule has 0 radical (unpaired) electrons. The van der Waals surface area contributed by atoms with Gasteiger partial charge in [-0.05, 0) is 43.9 Å². The van der Waals surface area contributed by atoms with Gasteiger partial charge in [-0.1, -0.05) is 0 Å². The van der Waals surface area contributed by atoms with Crippen LogP contribution in [0.1, 0.15) is 0 Å². The minimum absolute atomic E-state index is 0.539. The van der Waals surface area contributed by atoms with E-state index in [-0.39, 0.29) is 0 Å². The van der Waals surface area contributed by atoms with Gasteiger partial charge in [-0.25, -0.2) is 0 Å². The molecule has 102 valence electrons. The Morgan fingerprint density at radius 3 is 2.17 bits per heavy atom. The highest BCUT2D eigenvalue weighted by atomic mass is 28.4. The molecule has 1 rings (SSSR count). The van der Waals surface area contributed by atoms with Gasteiger partial charge in [0.05, 0.1) is 19.8 Å². The van der Waals surface area contributed by atoms with Crippen LogP contribution in [0.3, 0.4) is 0 Å². The first-order valence-corrected chi connectivity index (χ1v) is 9.58. The van der Waals surface area contributed by atoms with Crippen molar-refractivity contribution in [1.82, 2.24) is 0 Å². The van der Waals surface area contributed by atoms with Crippen molar-refractivity contribution in [3.8, 4) is 5.75 Å². The van der Waals surface area contributed by atoms with Crippen molar-refractivity contribution >= 4 is 14.0 Å². The van der Waals surface area contributed by atoms with E-state index in [2.05, 4.69) is 19.6 Å². The lowest BCUT2D eigenvalue weighted by atomic mass is 10.3. The van der Waals surface area contributed by atoms with Gasteiger partial charge in [-0.15, -0.1) is 0 Å². The van der Waals surface area contributed by atoms with Crippen LogP contribution < -0.4 is 10.5 Å². The molecule has 0 aliphatic carbocycles. The van der Waals surface area contributed by atoms with Gasteiger partial charge in [0.15, 0.2) is 8.32 Å². The minimum Gasteiger partial charge on any atom is -0.491 e. The molecule has 0 spiro atoms. The Bertz CT molecular complexity index is 335. The number of hydrogen-bond acceptors (Lipinski definition) is 4. The van der Waals surface area contributed by atoms with Crippen molar-refractivity contribution < 1.29 is 13.9 Å². The monoisotopic (exact) mass is 269 g/mol. The minimum atomic E-state index is -1.41. The van der Waals surface area contributed by atoms with E-state index in [1.54, 1.807) is 0 Å². The molecule has 0 unspecified atom stereocenters. The van der Waals surface area contributed by atoms with Gasteiger partial charge in [-0.3, -0.25) is 0 Å². The average Bonchev–Trinajstić information content (AvgIpc) is 2.29. The Morgan fingerprint density at radius 2 is 1.56 bits per heavy atom. The lowest BCUT2D eigenvalue weighted by molar-refractivity contribution is 0.0748. The highest BCUT2D eigenvalue weighted by molar-refractivity contribution is 6.69. The first kappa shape index (κ1) is 15.0. The average molecular weight is 269 g/mol. The molecule has 2 N–H and O–H groups in total. The summed E-state index contributed by atoms with van der Waals surface area (Å²) in [5, 5.41) is 0. The molecular weight excluding hydrogens is 246 g/mol. The van der Waals surface area contributed by atoms with Crippen LogP contribution in [0.15, 0.2) is 24.3 Å². The van der Waals surface area contributed by atoms with E-state index in [9.17, 15) is 0 Å². The number of benzene rings is 1. The summed E-state index contributed by atoms with van der Waals surface area (Å²) in [5.41, 5.74) is 6.32. The summed E-state index contributed by atoms with van der Waals surface area (Å²) in [6.07, 6.45) is 0. The Labute approximate surface area is 110 Å². The second kappa shape index (κ2) is 7.40. The van der Waals surface area contributed by atoms with Crippen molar-refractivity contribution in [3.05, 3.63) is 24.3 Å². The summed E-state index contributed by atoms with van der Waals surface area (Å²) in [6.45, 7) is 8.88. The number of anilines is 1. The fourth-order valence-electron chi connectivity index (χ4n) is 1.29. The number of nitrogens with two attached hydrogens (primary N) is 1. The zero-order chi connectivity index (χ0) is 13.4. The van der Waals surface area contributed by atoms with Crippen molar-refractivity contribution in [3.63, 3.8) is 0 Å². The Hall–Kier alpha value is -1.04.